The van der Waals surface area contributed by atoms with Crippen molar-refractivity contribution in [1.29, 1.82) is 0 Å². The van der Waals surface area contributed by atoms with Crippen molar-refractivity contribution in [3.05, 3.63) is 36.5 Å². The van der Waals surface area contributed by atoms with Gasteiger partial charge >= 0.3 is 0 Å². The summed E-state index contributed by atoms with van der Waals surface area (Å²) < 4.78 is 7.43. The number of carbonyl (C=O) groups excluding carboxylic acids is 1. The highest BCUT2D eigenvalue weighted by atomic mass is 16.5. The van der Waals surface area contributed by atoms with Crippen molar-refractivity contribution < 1.29 is 9.53 Å². The van der Waals surface area contributed by atoms with Crippen molar-refractivity contribution in [3.8, 4) is 0 Å². The Morgan fingerprint density at radius 1 is 1.32 bits per heavy atom. The zero-order chi connectivity index (χ0) is 15.4. The van der Waals surface area contributed by atoms with E-state index in [-0.39, 0.29) is 11.9 Å². The van der Waals surface area contributed by atoms with Gasteiger partial charge in [-0.1, -0.05) is 25.1 Å². The quantitative estimate of drug-likeness (QED) is 0.922. The van der Waals surface area contributed by atoms with Crippen molar-refractivity contribution >= 4 is 16.8 Å². The number of rotatable bonds is 5. The van der Waals surface area contributed by atoms with E-state index < -0.39 is 0 Å². The van der Waals surface area contributed by atoms with E-state index in [0.29, 0.717) is 12.5 Å². The van der Waals surface area contributed by atoms with Crippen molar-refractivity contribution in [2.45, 2.75) is 38.8 Å². The van der Waals surface area contributed by atoms with Crippen LogP contribution in [0.15, 0.2) is 36.5 Å². The van der Waals surface area contributed by atoms with Gasteiger partial charge in [0.1, 0.15) is 6.54 Å². The Balaban J connectivity index is 1.63. The van der Waals surface area contributed by atoms with Gasteiger partial charge in [0.05, 0.1) is 0 Å². The summed E-state index contributed by atoms with van der Waals surface area (Å²) in [4.78, 5) is 12.4. The number of carbonyl (C=O) groups is 1. The molecule has 0 bridgehead atoms. The predicted octanol–water partition coefficient (Wildman–Crippen LogP) is 2.96. The number of amides is 1. The largest absolute Gasteiger partial charge is 0.381 e. The first-order chi connectivity index (χ1) is 10.8. The third-order valence-electron chi connectivity index (χ3n) is 4.62. The number of hydrogen-bond acceptors (Lipinski definition) is 2. The Morgan fingerprint density at radius 3 is 2.86 bits per heavy atom. The van der Waals surface area contributed by atoms with E-state index in [1.807, 2.05) is 22.9 Å². The Bertz CT molecular complexity index is 629. The summed E-state index contributed by atoms with van der Waals surface area (Å²) >= 11 is 0. The molecule has 1 N–H and O–H groups in total. The zero-order valence-corrected chi connectivity index (χ0v) is 13.1. The fourth-order valence-corrected chi connectivity index (χ4v) is 3.36. The average molecular weight is 300 g/mol. The highest BCUT2D eigenvalue weighted by Crippen LogP contribution is 2.21. The second-order valence-electron chi connectivity index (χ2n) is 6.03. The molecular weight excluding hydrogens is 276 g/mol. The van der Waals surface area contributed by atoms with Crippen LogP contribution in [0.4, 0.5) is 0 Å². The monoisotopic (exact) mass is 300 g/mol. The van der Waals surface area contributed by atoms with Crippen LogP contribution < -0.4 is 5.32 Å². The van der Waals surface area contributed by atoms with Crippen LogP contribution in [-0.2, 0) is 16.1 Å². The highest BCUT2D eigenvalue weighted by molar-refractivity contribution is 5.83. The van der Waals surface area contributed by atoms with Gasteiger partial charge < -0.3 is 14.6 Å². The summed E-state index contributed by atoms with van der Waals surface area (Å²) in [6.45, 7) is 4.16. The Morgan fingerprint density at radius 2 is 2.09 bits per heavy atom. The summed E-state index contributed by atoms with van der Waals surface area (Å²) in [7, 11) is 0. The molecule has 0 radical (unpaired) electrons. The summed E-state index contributed by atoms with van der Waals surface area (Å²) in [6, 6.07) is 10.5. The van der Waals surface area contributed by atoms with Crippen LogP contribution in [0.5, 0.6) is 0 Å². The zero-order valence-electron chi connectivity index (χ0n) is 13.1. The topological polar surface area (TPSA) is 43.3 Å². The maximum atomic E-state index is 12.4. The first-order valence-electron chi connectivity index (χ1n) is 8.19. The van der Waals surface area contributed by atoms with E-state index in [4.69, 9.17) is 4.74 Å². The summed E-state index contributed by atoms with van der Waals surface area (Å²) in [6.07, 6.45) is 5.05. The number of hydrogen-bond donors (Lipinski definition) is 1. The summed E-state index contributed by atoms with van der Waals surface area (Å²) in [5.74, 6) is 0.642. The molecule has 0 unspecified atom stereocenters. The standard InChI is InChI=1S/C18H24N2O2/c1-2-16(14-8-11-22-12-9-14)19-18(21)13-20-10-7-15-5-3-4-6-17(15)20/h3-7,10,14,16H,2,8-9,11-13H2,1H3,(H,19,21)/t16-/m1/s1. The van der Waals surface area contributed by atoms with Crippen molar-refractivity contribution in [2.24, 2.45) is 5.92 Å². The van der Waals surface area contributed by atoms with E-state index in [2.05, 4.69) is 30.4 Å². The number of fused-ring (bicyclic) bond motifs is 1. The minimum Gasteiger partial charge on any atom is -0.381 e. The fourth-order valence-electron chi connectivity index (χ4n) is 3.36. The number of aromatic nitrogens is 1. The summed E-state index contributed by atoms with van der Waals surface area (Å²) in [5.41, 5.74) is 1.11. The van der Waals surface area contributed by atoms with E-state index in [9.17, 15) is 4.79 Å². The van der Waals surface area contributed by atoms with Gasteiger partial charge in [0.2, 0.25) is 5.91 Å². The number of para-hydroxylation sites is 1. The van der Waals surface area contributed by atoms with Crippen LogP contribution in [0.2, 0.25) is 0 Å². The lowest BCUT2D eigenvalue weighted by molar-refractivity contribution is -0.123. The fraction of sp³-hybridized carbons (Fsp3) is 0.500. The van der Waals surface area contributed by atoms with E-state index >= 15 is 0 Å². The second-order valence-corrected chi connectivity index (χ2v) is 6.03. The molecular formula is C18H24N2O2. The molecule has 0 spiro atoms. The molecule has 1 aromatic carbocycles. The third-order valence-corrected chi connectivity index (χ3v) is 4.62. The van der Waals surface area contributed by atoms with E-state index in [1.54, 1.807) is 0 Å². The molecule has 1 aromatic heterocycles. The lowest BCUT2D eigenvalue weighted by atomic mass is 9.90. The van der Waals surface area contributed by atoms with Gasteiger partial charge in [-0.15, -0.1) is 0 Å². The van der Waals surface area contributed by atoms with Crippen LogP contribution in [0, 0.1) is 5.92 Å². The predicted molar refractivity (Wildman–Crippen MR) is 87.7 cm³/mol. The molecule has 2 heterocycles. The molecule has 4 nitrogen and oxygen atoms in total. The van der Waals surface area contributed by atoms with Gasteiger partial charge in [-0.3, -0.25) is 4.79 Å². The first-order valence-corrected chi connectivity index (χ1v) is 8.19. The smallest absolute Gasteiger partial charge is 0.240 e. The lowest BCUT2D eigenvalue weighted by Crippen LogP contribution is -2.43. The molecule has 1 saturated heterocycles. The number of nitrogens with one attached hydrogen (secondary N) is 1. The molecule has 1 aliphatic rings. The Hall–Kier alpha value is -1.81. The average Bonchev–Trinajstić information content (AvgIpc) is 2.96. The lowest BCUT2D eigenvalue weighted by Gasteiger charge is -2.30. The highest BCUT2D eigenvalue weighted by Gasteiger charge is 2.24. The molecule has 4 heteroatoms. The minimum absolute atomic E-state index is 0.0969. The molecule has 1 fully saturated rings. The van der Waals surface area contributed by atoms with Crippen LogP contribution in [-0.4, -0.2) is 29.7 Å². The number of benzene rings is 1. The molecule has 1 atom stereocenters. The van der Waals surface area contributed by atoms with Gasteiger partial charge in [-0.05, 0) is 42.7 Å². The third kappa shape index (κ3) is 3.33. The van der Waals surface area contributed by atoms with Gasteiger partial charge in [0, 0.05) is 31.0 Å². The van der Waals surface area contributed by atoms with Crippen molar-refractivity contribution in [1.82, 2.24) is 9.88 Å². The molecule has 3 rings (SSSR count). The maximum Gasteiger partial charge on any atom is 0.240 e. The maximum absolute atomic E-state index is 12.4. The Labute approximate surface area is 131 Å². The normalized spacial score (nSPS) is 17.5. The second kappa shape index (κ2) is 6.97. The van der Waals surface area contributed by atoms with Crippen LogP contribution in [0.3, 0.4) is 0 Å². The molecule has 0 aliphatic carbocycles. The van der Waals surface area contributed by atoms with Crippen LogP contribution in [0.25, 0.3) is 10.9 Å². The molecule has 1 aliphatic heterocycles. The molecule has 0 saturated carbocycles. The van der Waals surface area contributed by atoms with E-state index in [1.165, 1.54) is 5.39 Å². The summed E-state index contributed by atoms with van der Waals surface area (Å²) in [5, 5.41) is 4.40. The van der Waals surface area contributed by atoms with Gasteiger partial charge in [-0.25, -0.2) is 0 Å². The van der Waals surface area contributed by atoms with E-state index in [0.717, 1.165) is 38.0 Å². The molecule has 22 heavy (non-hydrogen) atoms. The van der Waals surface area contributed by atoms with Gasteiger partial charge in [0.15, 0.2) is 0 Å². The number of ether oxygens (including phenoxy) is 1. The molecule has 118 valence electrons. The van der Waals surface area contributed by atoms with Crippen LogP contribution in [0.1, 0.15) is 26.2 Å². The SMILES string of the molecule is CC[C@@H](NC(=O)Cn1ccc2ccccc21)C1CCOCC1. The molecule has 2 aromatic rings. The van der Waals surface area contributed by atoms with Crippen LogP contribution >= 0.6 is 0 Å². The molecule has 1 amide bonds. The number of nitrogens with zero attached hydrogens (tertiary/aromatic N) is 1. The van der Waals surface area contributed by atoms with Crippen molar-refractivity contribution in [3.63, 3.8) is 0 Å². The minimum atomic E-state index is 0.0969. The van der Waals surface area contributed by atoms with Crippen molar-refractivity contribution in [2.75, 3.05) is 13.2 Å². The van der Waals surface area contributed by atoms with Gasteiger partial charge in [0.25, 0.3) is 0 Å². The van der Waals surface area contributed by atoms with Gasteiger partial charge in [-0.2, -0.15) is 0 Å². The Kier molecular flexibility index (Phi) is 4.78. The first kappa shape index (κ1) is 15.1.